The Bertz CT molecular complexity index is 474. The largest absolute Gasteiger partial charge is 0.324 e. The van der Waals surface area contributed by atoms with Gasteiger partial charge in [-0.3, -0.25) is 0 Å². The third-order valence-corrected chi connectivity index (χ3v) is 3.80. The van der Waals surface area contributed by atoms with Gasteiger partial charge in [0.2, 0.25) is 0 Å². The van der Waals surface area contributed by atoms with Crippen LogP contribution in [0.15, 0.2) is 18.7 Å². The summed E-state index contributed by atoms with van der Waals surface area (Å²) in [5, 5.41) is 4.46. The van der Waals surface area contributed by atoms with Crippen LogP contribution in [0.4, 0.5) is 0 Å². The maximum atomic E-state index is 4.44. The Morgan fingerprint density at radius 1 is 1.47 bits per heavy atom. The van der Waals surface area contributed by atoms with Gasteiger partial charge < -0.3 is 9.88 Å². The molecule has 0 radical (unpaired) electrons. The molecular formula is C12H18N4S. The number of nitrogens with zero attached hydrogens (tertiary/aromatic N) is 3. The molecule has 0 aromatic carbocycles. The lowest BCUT2D eigenvalue weighted by Gasteiger charge is -2.14. The molecule has 0 saturated carbocycles. The third kappa shape index (κ3) is 2.73. The molecule has 1 N–H and O–H groups in total. The molecule has 2 aromatic rings. The normalized spacial score (nSPS) is 12.9. The predicted molar refractivity (Wildman–Crippen MR) is 70.3 cm³/mol. The molecule has 0 fully saturated rings. The summed E-state index contributed by atoms with van der Waals surface area (Å²) in [6.07, 6.45) is 5.73. The first kappa shape index (κ1) is 12.3. The van der Waals surface area contributed by atoms with Crippen LogP contribution in [0.2, 0.25) is 0 Å². The van der Waals surface area contributed by atoms with E-state index in [2.05, 4.69) is 40.6 Å². The molecule has 1 unspecified atom stereocenters. The van der Waals surface area contributed by atoms with Crippen molar-refractivity contribution < 1.29 is 0 Å². The minimum atomic E-state index is 0.254. The highest BCUT2D eigenvalue weighted by molar-refractivity contribution is 7.11. The van der Waals surface area contributed by atoms with Crippen molar-refractivity contribution in [2.75, 3.05) is 6.54 Å². The standard InChI is InChI=1S/C12H18N4S/c1-4-13-6-11-7-14-8-16(11)10(3)12-15-5-9(2)17-12/h5,7-8,10,13H,4,6H2,1-3H3. The van der Waals surface area contributed by atoms with E-state index >= 15 is 0 Å². The van der Waals surface area contributed by atoms with E-state index in [1.54, 1.807) is 11.3 Å². The summed E-state index contributed by atoms with van der Waals surface area (Å²) >= 11 is 1.75. The highest BCUT2D eigenvalue weighted by Crippen LogP contribution is 2.23. The van der Waals surface area contributed by atoms with Crippen molar-refractivity contribution in [2.24, 2.45) is 0 Å². The van der Waals surface area contributed by atoms with Crippen LogP contribution in [0.3, 0.4) is 0 Å². The molecule has 2 rings (SSSR count). The minimum Gasteiger partial charge on any atom is -0.324 e. The van der Waals surface area contributed by atoms with Gasteiger partial charge in [0.25, 0.3) is 0 Å². The maximum Gasteiger partial charge on any atom is 0.115 e. The molecule has 0 bridgehead atoms. The monoisotopic (exact) mass is 250 g/mol. The quantitative estimate of drug-likeness (QED) is 0.886. The van der Waals surface area contributed by atoms with Crippen LogP contribution in [0.1, 0.15) is 35.5 Å². The van der Waals surface area contributed by atoms with E-state index in [4.69, 9.17) is 0 Å². The van der Waals surface area contributed by atoms with Crippen LogP contribution in [-0.4, -0.2) is 21.1 Å². The molecule has 17 heavy (non-hydrogen) atoms. The predicted octanol–water partition coefficient (Wildman–Crippen LogP) is 2.37. The van der Waals surface area contributed by atoms with Crippen LogP contribution in [0.5, 0.6) is 0 Å². The van der Waals surface area contributed by atoms with Crippen LogP contribution in [-0.2, 0) is 6.54 Å². The number of aryl methyl sites for hydroxylation is 1. The molecule has 0 aliphatic rings. The molecule has 92 valence electrons. The number of thiazole rings is 1. The zero-order chi connectivity index (χ0) is 12.3. The van der Waals surface area contributed by atoms with Crippen LogP contribution >= 0.6 is 11.3 Å². The topological polar surface area (TPSA) is 42.7 Å². The van der Waals surface area contributed by atoms with E-state index in [1.807, 2.05) is 18.7 Å². The van der Waals surface area contributed by atoms with E-state index in [0.717, 1.165) is 18.1 Å². The van der Waals surface area contributed by atoms with Gasteiger partial charge in [-0.15, -0.1) is 11.3 Å². The second-order valence-electron chi connectivity index (χ2n) is 4.06. The van der Waals surface area contributed by atoms with Gasteiger partial charge >= 0.3 is 0 Å². The van der Waals surface area contributed by atoms with Crippen LogP contribution in [0, 0.1) is 6.92 Å². The van der Waals surface area contributed by atoms with Gasteiger partial charge in [-0.2, -0.15) is 0 Å². The van der Waals surface area contributed by atoms with Gasteiger partial charge in [0.1, 0.15) is 5.01 Å². The van der Waals surface area contributed by atoms with Gasteiger partial charge in [0.15, 0.2) is 0 Å². The Morgan fingerprint density at radius 3 is 2.94 bits per heavy atom. The van der Waals surface area contributed by atoms with Crippen LogP contribution in [0.25, 0.3) is 0 Å². The van der Waals surface area contributed by atoms with E-state index in [0.29, 0.717) is 0 Å². The van der Waals surface area contributed by atoms with Crippen LogP contribution < -0.4 is 5.32 Å². The Kier molecular flexibility index (Phi) is 3.91. The molecule has 2 heterocycles. The molecular weight excluding hydrogens is 232 g/mol. The summed E-state index contributed by atoms with van der Waals surface area (Å²) in [6, 6.07) is 0.254. The lowest BCUT2D eigenvalue weighted by Crippen LogP contribution is -2.17. The first-order valence-electron chi connectivity index (χ1n) is 5.86. The van der Waals surface area contributed by atoms with Crippen molar-refractivity contribution in [3.8, 4) is 0 Å². The number of hydrogen-bond donors (Lipinski definition) is 1. The zero-order valence-corrected chi connectivity index (χ0v) is 11.3. The highest BCUT2D eigenvalue weighted by Gasteiger charge is 2.14. The summed E-state index contributed by atoms with van der Waals surface area (Å²) in [7, 11) is 0. The number of rotatable bonds is 5. The molecule has 2 aromatic heterocycles. The lowest BCUT2D eigenvalue weighted by atomic mass is 10.3. The van der Waals surface area contributed by atoms with Gasteiger partial charge in [-0.05, 0) is 20.4 Å². The van der Waals surface area contributed by atoms with Gasteiger partial charge in [0.05, 0.1) is 18.1 Å². The van der Waals surface area contributed by atoms with Gasteiger partial charge in [-0.25, -0.2) is 9.97 Å². The van der Waals surface area contributed by atoms with Crippen molar-refractivity contribution in [1.82, 2.24) is 19.9 Å². The second-order valence-corrected chi connectivity index (χ2v) is 5.32. The molecule has 0 amide bonds. The number of aromatic nitrogens is 3. The van der Waals surface area contributed by atoms with Crippen molar-refractivity contribution in [2.45, 2.75) is 33.4 Å². The molecule has 0 aliphatic carbocycles. The Morgan fingerprint density at radius 2 is 2.29 bits per heavy atom. The molecule has 1 atom stereocenters. The first-order valence-corrected chi connectivity index (χ1v) is 6.67. The fourth-order valence-electron chi connectivity index (χ4n) is 1.76. The summed E-state index contributed by atoms with van der Waals surface area (Å²) in [5.74, 6) is 0. The van der Waals surface area contributed by atoms with Crippen molar-refractivity contribution in [1.29, 1.82) is 0 Å². The van der Waals surface area contributed by atoms with Crippen molar-refractivity contribution >= 4 is 11.3 Å². The molecule has 0 aliphatic heterocycles. The maximum absolute atomic E-state index is 4.44. The van der Waals surface area contributed by atoms with E-state index in [-0.39, 0.29) is 6.04 Å². The SMILES string of the molecule is CCNCc1cncn1C(C)c1ncc(C)s1. The number of hydrogen-bond acceptors (Lipinski definition) is 4. The van der Waals surface area contributed by atoms with E-state index in [9.17, 15) is 0 Å². The molecule has 4 nitrogen and oxygen atoms in total. The molecule has 0 spiro atoms. The van der Waals surface area contributed by atoms with Crippen molar-refractivity contribution in [3.05, 3.63) is 34.3 Å². The summed E-state index contributed by atoms with van der Waals surface area (Å²) in [4.78, 5) is 9.92. The number of nitrogens with one attached hydrogen (secondary N) is 1. The fourth-order valence-corrected chi connectivity index (χ4v) is 2.58. The highest BCUT2D eigenvalue weighted by atomic mass is 32.1. The third-order valence-electron chi connectivity index (χ3n) is 2.72. The van der Waals surface area contributed by atoms with Crippen molar-refractivity contribution in [3.63, 3.8) is 0 Å². The zero-order valence-electron chi connectivity index (χ0n) is 10.5. The second kappa shape index (κ2) is 5.42. The fraction of sp³-hybridized carbons (Fsp3) is 0.500. The Labute approximate surface area is 106 Å². The average Bonchev–Trinajstić information content (AvgIpc) is 2.94. The smallest absolute Gasteiger partial charge is 0.115 e. The molecule has 0 saturated heterocycles. The average molecular weight is 250 g/mol. The Hall–Kier alpha value is -1.20. The molecule has 5 heteroatoms. The lowest BCUT2D eigenvalue weighted by molar-refractivity contribution is 0.580. The van der Waals surface area contributed by atoms with E-state index < -0.39 is 0 Å². The Balaban J connectivity index is 2.18. The van der Waals surface area contributed by atoms with E-state index in [1.165, 1.54) is 10.6 Å². The summed E-state index contributed by atoms with van der Waals surface area (Å²) in [5.41, 5.74) is 1.20. The first-order chi connectivity index (χ1) is 8.22. The number of imidazole rings is 1. The van der Waals surface area contributed by atoms with Gasteiger partial charge in [-0.1, -0.05) is 6.92 Å². The summed E-state index contributed by atoms with van der Waals surface area (Å²) < 4.78 is 2.18. The minimum absolute atomic E-state index is 0.254. The summed E-state index contributed by atoms with van der Waals surface area (Å²) in [6.45, 7) is 8.17. The van der Waals surface area contributed by atoms with Gasteiger partial charge in [0, 0.05) is 23.8 Å².